The summed E-state index contributed by atoms with van der Waals surface area (Å²) in [6.45, 7) is 1.97. The SMILES string of the molecule is COc1ccc2[nH]cc(CC(=O)NC(Cc3cc(F)cc(F)c3)c3ncoc3-c3ccc(C)cc3)c2n1. The fraction of sp³-hybridized carbons (Fsp3) is 0.179. The lowest BCUT2D eigenvalue weighted by atomic mass is 9.99. The first-order valence-electron chi connectivity index (χ1n) is 11.7. The molecule has 1 atom stereocenters. The zero-order valence-electron chi connectivity index (χ0n) is 20.2. The molecule has 0 bridgehead atoms. The van der Waals surface area contributed by atoms with E-state index in [1.807, 2.05) is 37.3 Å². The lowest BCUT2D eigenvalue weighted by Crippen LogP contribution is -2.31. The molecule has 7 nitrogen and oxygen atoms in total. The Labute approximate surface area is 211 Å². The topological polar surface area (TPSA) is 93.0 Å². The summed E-state index contributed by atoms with van der Waals surface area (Å²) in [4.78, 5) is 25.2. The Morgan fingerprint density at radius 2 is 1.86 bits per heavy atom. The summed E-state index contributed by atoms with van der Waals surface area (Å²) in [5.74, 6) is -0.799. The van der Waals surface area contributed by atoms with E-state index in [1.165, 1.54) is 25.6 Å². The largest absolute Gasteiger partial charge is 0.481 e. The molecule has 3 heterocycles. The Morgan fingerprint density at radius 1 is 1.11 bits per heavy atom. The van der Waals surface area contributed by atoms with E-state index in [0.717, 1.165) is 22.7 Å². The predicted octanol–water partition coefficient (Wildman–Crippen LogP) is 5.46. The zero-order chi connectivity index (χ0) is 25.9. The monoisotopic (exact) mass is 502 g/mol. The number of hydrogen-bond donors (Lipinski definition) is 2. The Morgan fingerprint density at radius 3 is 2.59 bits per heavy atom. The fourth-order valence-corrected chi connectivity index (χ4v) is 4.31. The van der Waals surface area contributed by atoms with Gasteiger partial charge in [0, 0.05) is 29.5 Å². The number of aromatic nitrogens is 3. The van der Waals surface area contributed by atoms with Crippen LogP contribution in [0.2, 0.25) is 0 Å². The minimum atomic E-state index is -0.712. The van der Waals surface area contributed by atoms with Crippen molar-refractivity contribution in [2.75, 3.05) is 7.11 Å². The summed E-state index contributed by atoms with van der Waals surface area (Å²) < 4.78 is 38.8. The molecule has 0 aliphatic rings. The number of H-pyrrole nitrogens is 1. The van der Waals surface area contributed by atoms with Gasteiger partial charge in [-0.1, -0.05) is 29.8 Å². The molecule has 5 rings (SSSR count). The molecule has 37 heavy (non-hydrogen) atoms. The smallest absolute Gasteiger partial charge is 0.225 e. The van der Waals surface area contributed by atoms with Crippen molar-refractivity contribution < 1.29 is 22.7 Å². The minimum Gasteiger partial charge on any atom is -0.481 e. The molecule has 0 aliphatic carbocycles. The van der Waals surface area contributed by atoms with Crippen LogP contribution in [0.1, 0.15) is 28.4 Å². The van der Waals surface area contributed by atoms with E-state index in [2.05, 4.69) is 20.3 Å². The number of hydrogen-bond acceptors (Lipinski definition) is 5. The molecule has 2 N–H and O–H groups in total. The molecular weight excluding hydrogens is 478 g/mol. The number of aromatic amines is 1. The van der Waals surface area contributed by atoms with Crippen LogP contribution in [0.15, 0.2) is 71.6 Å². The Hall–Kier alpha value is -4.53. The minimum absolute atomic E-state index is 0.0197. The van der Waals surface area contributed by atoms with Crippen LogP contribution in [0.5, 0.6) is 5.88 Å². The number of rotatable bonds is 8. The Kier molecular flexibility index (Phi) is 6.68. The maximum absolute atomic E-state index is 13.9. The van der Waals surface area contributed by atoms with E-state index < -0.39 is 17.7 Å². The first-order chi connectivity index (χ1) is 17.9. The molecule has 2 aromatic carbocycles. The van der Waals surface area contributed by atoms with Crippen molar-refractivity contribution in [3.8, 4) is 17.2 Å². The molecule has 0 saturated heterocycles. The molecule has 1 amide bonds. The van der Waals surface area contributed by atoms with E-state index in [-0.39, 0.29) is 18.7 Å². The molecule has 0 aliphatic heterocycles. The second-order valence-corrected chi connectivity index (χ2v) is 8.78. The number of carbonyl (C=O) groups excluding carboxylic acids is 1. The summed E-state index contributed by atoms with van der Waals surface area (Å²) in [5, 5.41) is 2.98. The molecule has 9 heteroatoms. The number of halogens is 2. The first-order valence-corrected chi connectivity index (χ1v) is 11.7. The number of oxazole rings is 1. The second-order valence-electron chi connectivity index (χ2n) is 8.78. The van der Waals surface area contributed by atoms with Gasteiger partial charge in [0.2, 0.25) is 11.8 Å². The van der Waals surface area contributed by atoms with Crippen LogP contribution in [0.25, 0.3) is 22.4 Å². The summed E-state index contributed by atoms with van der Waals surface area (Å²) >= 11 is 0. The van der Waals surface area contributed by atoms with Crippen LogP contribution in [0.4, 0.5) is 8.78 Å². The number of ether oxygens (including phenoxy) is 1. The molecule has 1 unspecified atom stereocenters. The van der Waals surface area contributed by atoms with Crippen LogP contribution >= 0.6 is 0 Å². The van der Waals surface area contributed by atoms with Crippen molar-refractivity contribution in [1.82, 2.24) is 20.3 Å². The van der Waals surface area contributed by atoms with Crippen LogP contribution in [-0.4, -0.2) is 28.0 Å². The normalized spacial score (nSPS) is 12.0. The van der Waals surface area contributed by atoms with Crippen molar-refractivity contribution in [1.29, 1.82) is 0 Å². The molecule has 188 valence electrons. The fourth-order valence-electron chi connectivity index (χ4n) is 4.31. The third-order valence-electron chi connectivity index (χ3n) is 6.07. The second kappa shape index (κ2) is 10.2. The van der Waals surface area contributed by atoms with E-state index in [9.17, 15) is 13.6 Å². The number of nitrogens with one attached hydrogen (secondary N) is 2. The number of methoxy groups -OCH3 is 1. The Bertz CT molecular complexity index is 1540. The highest BCUT2D eigenvalue weighted by Gasteiger charge is 2.24. The number of fused-ring (bicyclic) bond motifs is 1. The highest BCUT2D eigenvalue weighted by atomic mass is 19.1. The zero-order valence-corrected chi connectivity index (χ0v) is 20.2. The molecule has 0 radical (unpaired) electrons. The molecule has 0 fully saturated rings. The van der Waals surface area contributed by atoms with Gasteiger partial charge in [0.25, 0.3) is 0 Å². The van der Waals surface area contributed by atoms with Crippen LogP contribution in [0, 0.1) is 18.6 Å². The van der Waals surface area contributed by atoms with E-state index in [4.69, 9.17) is 9.15 Å². The number of carbonyl (C=O) groups is 1. The molecule has 0 saturated carbocycles. The van der Waals surface area contributed by atoms with Gasteiger partial charge in [-0.2, -0.15) is 0 Å². The van der Waals surface area contributed by atoms with Crippen molar-refractivity contribution >= 4 is 16.9 Å². The summed E-state index contributed by atoms with van der Waals surface area (Å²) in [6.07, 6.45) is 3.14. The molecule has 5 aromatic rings. The highest BCUT2D eigenvalue weighted by Crippen LogP contribution is 2.30. The van der Waals surface area contributed by atoms with Crippen molar-refractivity contribution in [3.63, 3.8) is 0 Å². The van der Waals surface area contributed by atoms with Gasteiger partial charge in [0.1, 0.15) is 17.3 Å². The maximum atomic E-state index is 13.9. The predicted molar refractivity (Wildman–Crippen MR) is 134 cm³/mol. The van der Waals surface area contributed by atoms with Gasteiger partial charge < -0.3 is 19.5 Å². The highest BCUT2D eigenvalue weighted by molar-refractivity contribution is 5.87. The van der Waals surface area contributed by atoms with Gasteiger partial charge in [-0.05, 0) is 37.1 Å². The molecule has 3 aromatic heterocycles. The van der Waals surface area contributed by atoms with Gasteiger partial charge in [0.05, 0.1) is 30.6 Å². The molecular formula is C28H24F2N4O3. The third-order valence-corrected chi connectivity index (χ3v) is 6.07. The van der Waals surface area contributed by atoms with Gasteiger partial charge in [-0.25, -0.2) is 18.7 Å². The standard InChI is InChI=1S/C28H24F2N4O3/c1-16-3-5-18(6-4-16)28-27(32-15-37-28)23(11-17-9-20(29)13-21(30)10-17)33-24(35)12-19-14-31-22-7-8-25(36-2)34-26(19)22/h3-10,13-15,23,31H,11-12H2,1-2H3,(H,33,35). The first kappa shape index (κ1) is 24.2. The number of pyridine rings is 1. The number of amides is 1. The quantitative estimate of drug-likeness (QED) is 0.294. The van der Waals surface area contributed by atoms with E-state index in [1.54, 1.807) is 12.3 Å². The van der Waals surface area contributed by atoms with Gasteiger partial charge in [-0.15, -0.1) is 0 Å². The van der Waals surface area contributed by atoms with Gasteiger partial charge in [0.15, 0.2) is 12.2 Å². The third kappa shape index (κ3) is 5.35. The van der Waals surface area contributed by atoms with Crippen LogP contribution in [-0.2, 0) is 17.6 Å². The summed E-state index contributed by atoms with van der Waals surface area (Å²) in [5.41, 5.74) is 4.76. The Balaban J connectivity index is 1.46. The van der Waals surface area contributed by atoms with Crippen molar-refractivity contribution in [2.24, 2.45) is 0 Å². The average molecular weight is 503 g/mol. The average Bonchev–Trinajstić information content (AvgIpc) is 3.51. The lowest BCUT2D eigenvalue weighted by Gasteiger charge is -2.18. The number of benzene rings is 2. The molecule has 0 spiro atoms. The summed E-state index contributed by atoms with van der Waals surface area (Å²) in [6, 6.07) is 13.8. The van der Waals surface area contributed by atoms with Gasteiger partial charge >= 0.3 is 0 Å². The number of nitrogens with zero attached hydrogens (tertiary/aromatic N) is 2. The van der Waals surface area contributed by atoms with Crippen LogP contribution < -0.4 is 10.1 Å². The van der Waals surface area contributed by atoms with E-state index in [0.29, 0.717) is 34.0 Å². The number of aryl methyl sites for hydroxylation is 1. The van der Waals surface area contributed by atoms with E-state index >= 15 is 0 Å². The lowest BCUT2D eigenvalue weighted by molar-refractivity contribution is -0.121. The van der Waals surface area contributed by atoms with Crippen molar-refractivity contribution in [3.05, 3.63) is 101 Å². The summed E-state index contributed by atoms with van der Waals surface area (Å²) in [7, 11) is 1.52. The van der Waals surface area contributed by atoms with Gasteiger partial charge in [-0.3, -0.25) is 4.79 Å². The van der Waals surface area contributed by atoms with Crippen LogP contribution in [0.3, 0.4) is 0 Å². The maximum Gasteiger partial charge on any atom is 0.225 e. The van der Waals surface area contributed by atoms with Crippen molar-refractivity contribution in [2.45, 2.75) is 25.8 Å².